The molecule has 0 bridgehead atoms. The third-order valence-corrected chi connectivity index (χ3v) is 5.64. The summed E-state index contributed by atoms with van der Waals surface area (Å²) in [7, 11) is 0. The summed E-state index contributed by atoms with van der Waals surface area (Å²) < 4.78 is 4.71. The summed E-state index contributed by atoms with van der Waals surface area (Å²) in [5.74, 6) is -1.66. The summed E-state index contributed by atoms with van der Waals surface area (Å²) in [6.07, 6.45) is 3.22. The van der Waals surface area contributed by atoms with Crippen LogP contribution in [0.1, 0.15) is 84.4 Å². The van der Waals surface area contributed by atoms with Gasteiger partial charge < -0.3 is 36.8 Å². The average Bonchev–Trinajstić information content (AvgIpc) is 3.38. The Morgan fingerprint density at radius 2 is 1.57 bits per heavy atom. The minimum absolute atomic E-state index is 0.269. The van der Waals surface area contributed by atoms with E-state index in [4.69, 9.17) is 31.5 Å². The number of nitrogens with one attached hydrogen (secondary N) is 3. The molecule has 10 N–H and O–H groups in total. The van der Waals surface area contributed by atoms with Crippen molar-refractivity contribution in [2.45, 2.75) is 97.4 Å². The molecule has 1 aromatic rings. The zero-order valence-electron chi connectivity index (χ0n) is 24.3. The predicted molar refractivity (Wildman–Crippen MR) is 151 cm³/mol. The van der Waals surface area contributed by atoms with E-state index in [-0.39, 0.29) is 11.5 Å². The Bertz CT molecular complexity index is 953. The highest BCUT2D eigenvalue weighted by Crippen LogP contribution is 2.27. The number of aliphatic carboxylic acids is 2. The zero-order valence-corrected chi connectivity index (χ0v) is 24.3. The standard InChI is InChI=1S/C10H13N.C6H12N2O4.C6H13NO2.C5H9NO2/c11-10-7-3-5-8-4-1-2-6-9(8)10;1-6(2,3)12-5(11)8-7-4(9)10;1-6(2,3)4(7)5(8)9;7-5(8)4-2-1-3-6-4/h1-2,4,6,10H,3,5,7,11H2;7H,1-3H3,(H,8,11)(H,9,10);4H,7H2,1-3H3,(H,8,9);4,6H,1-3H2,(H,7,8)/t;;;4-/m...0/s1. The monoisotopic (exact) mass is 569 g/mol. The number of nitrogens with two attached hydrogens (primary N) is 2. The van der Waals surface area contributed by atoms with E-state index >= 15 is 0 Å². The highest BCUT2D eigenvalue weighted by molar-refractivity contribution is 5.74. The largest absolute Gasteiger partial charge is 0.480 e. The summed E-state index contributed by atoms with van der Waals surface area (Å²) in [6, 6.07) is 7.77. The van der Waals surface area contributed by atoms with Crippen LogP contribution in [-0.4, -0.2) is 63.7 Å². The molecule has 13 nitrogen and oxygen atoms in total. The molecule has 1 aliphatic carbocycles. The number of carbonyl (C=O) groups is 4. The molecule has 0 spiro atoms. The van der Waals surface area contributed by atoms with Gasteiger partial charge in [-0.2, -0.15) is 0 Å². The molecule has 13 heteroatoms. The van der Waals surface area contributed by atoms with E-state index in [0.717, 1.165) is 25.8 Å². The van der Waals surface area contributed by atoms with E-state index in [1.54, 1.807) is 47.0 Å². The lowest BCUT2D eigenvalue weighted by atomic mass is 9.88. The summed E-state index contributed by atoms with van der Waals surface area (Å²) in [5.41, 5.74) is 16.6. The first-order valence-electron chi connectivity index (χ1n) is 13.1. The van der Waals surface area contributed by atoms with Crippen LogP contribution in [0.15, 0.2) is 24.3 Å². The first-order valence-corrected chi connectivity index (χ1v) is 13.1. The van der Waals surface area contributed by atoms with Gasteiger partial charge in [-0.25, -0.2) is 20.4 Å². The number of carboxylic acids is 2. The number of hydrogen-bond acceptors (Lipinski definition) is 8. The van der Waals surface area contributed by atoms with Gasteiger partial charge in [0.25, 0.3) is 0 Å². The molecule has 2 aliphatic rings. The molecule has 0 aromatic heterocycles. The fourth-order valence-electron chi connectivity index (χ4n) is 3.47. The predicted octanol–water partition coefficient (Wildman–Crippen LogP) is 2.98. The summed E-state index contributed by atoms with van der Waals surface area (Å²) >= 11 is 0. The number of hydrogen-bond donors (Lipinski definition) is 8. The molecule has 1 saturated heterocycles. The van der Waals surface area contributed by atoms with Crippen LogP contribution in [0.25, 0.3) is 0 Å². The number of carboxylic acid groups (broad SMARTS) is 3. The maximum absolute atomic E-state index is 10.7. The second-order valence-electron chi connectivity index (χ2n) is 11.4. The van der Waals surface area contributed by atoms with Crippen LogP contribution in [0, 0.1) is 5.41 Å². The van der Waals surface area contributed by atoms with E-state index in [1.165, 1.54) is 24.0 Å². The van der Waals surface area contributed by atoms with E-state index in [1.807, 2.05) is 5.43 Å². The molecule has 228 valence electrons. The molecule has 1 aromatic carbocycles. The average molecular weight is 570 g/mol. The molecular weight excluding hydrogens is 522 g/mol. The van der Waals surface area contributed by atoms with Crippen LogP contribution in [0.4, 0.5) is 9.59 Å². The number of rotatable bonds is 2. The normalized spacial score (nSPS) is 18.4. The lowest BCUT2D eigenvalue weighted by Crippen LogP contribution is -2.43. The van der Waals surface area contributed by atoms with Gasteiger partial charge in [-0.3, -0.25) is 9.59 Å². The fraction of sp³-hybridized carbons (Fsp3) is 0.630. The molecule has 2 amide bonds. The van der Waals surface area contributed by atoms with Crippen LogP contribution < -0.4 is 27.6 Å². The van der Waals surface area contributed by atoms with Crippen LogP contribution in [0.2, 0.25) is 0 Å². The highest BCUT2D eigenvalue weighted by Gasteiger charge is 2.26. The van der Waals surface area contributed by atoms with Gasteiger partial charge in [0.05, 0.1) is 0 Å². The molecular formula is C27H47N5O8. The molecule has 2 unspecified atom stereocenters. The van der Waals surface area contributed by atoms with Crippen LogP contribution >= 0.6 is 0 Å². The Kier molecular flexibility index (Phi) is 15.8. The number of fused-ring (bicyclic) bond motifs is 1. The zero-order chi connectivity index (χ0) is 31.1. The van der Waals surface area contributed by atoms with Crippen LogP contribution in [0.5, 0.6) is 0 Å². The topological polar surface area (TPSA) is 226 Å². The second kappa shape index (κ2) is 17.3. The van der Waals surface area contributed by atoms with Gasteiger partial charge in [0, 0.05) is 6.04 Å². The van der Waals surface area contributed by atoms with Crippen molar-refractivity contribution in [1.29, 1.82) is 0 Å². The highest BCUT2D eigenvalue weighted by atomic mass is 16.6. The number of hydrazine groups is 1. The number of benzene rings is 1. The lowest BCUT2D eigenvalue weighted by molar-refractivity contribution is -0.141. The van der Waals surface area contributed by atoms with Gasteiger partial charge in [-0.15, -0.1) is 0 Å². The number of carbonyl (C=O) groups excluding carboxylic acids is 1. The minimum Gasteiger partial charge on any atom is -0.480 e. The van der Waals surface area contributed by atoms with E-state index in [0.29, 0.717) is 6.04 Å². The molecule has 0 radical (unpaired) electrons. The molecule has 40 heavy (non-hydrogen) atoms. The Labute approximate surface area is 236 Å². The Morgan fingerprint density at radius 3 is 1.95 bits per heavy atom. The van der Waals surface area contributed by atoms with Crippen molar-refractivity contribution >= 4 is 24.1 Å². The van der Waals surface area contributed by atoms with Crippen LogP contribution in [-0.2, 0) is 20.7 Å². The third-order valence-electron chi connectivity index (χ3n) is 5.64. The Hall–Kier alpha value is -3.42. The molecule has 0 saturated carbocycles. The SMILES string of the molecule is CC(C)(C)C(N)C(=O)O.CC(C)(C)OC(=O)NNC(=O)O.NC1CCCc2ccccc21.O=C(O)[C@@H]1CCCN1. The van der Waals surface area contributed by atoms with Crippen molar-refractivity contribution in [3.8, 4) is 0 Å². The van der Waals surface area contributed by atoms with Crippen molar-refractivity contribution in [1.82, 2.24) is 16.2 Å². The fourth-order valence-corrected chi connectivity index (χ4v) is 3.47. The Balaban J connectivity index is 0.000000513. The van der Waals surface area contributed by atoms with Crippen molar-refractivity contribution in [3.05, 3.63) is 35.4 Å². The van der Waals surface area contributed by atoms with E-state index in [2.05, 4.69) is 29.6 Å². The lowest BCUT2D eigenvalue weighted by Gasteiger charge is -2.22. The van der Waals surface area contributed by atoms with Gasteiger partial charge in [0.15, 0.2) is 0 Å². The molecule has 3 rings (SSSR count). The number of ether oxygens (including phenoxy) is 1. The summed E-state index contributed by atoms with van der Waals surface area (Å²) in [4.78, 5) is 41.0. The molecule has 1 aliphatic heterocycles. The quantitative estimate of drug-likeness (QED) is 0.241. The van der Waals surface area contributed by atoms with Crippen molar-refractivity contribution in [3.63, 3.8) is 0 Å². The van der Waals surface area contributed by atoms with Crippen LogP contribution in [0.3, 0.4) is 0 Å². The third kappa shape index (κ3) is 16.5. The number of aryl methyl sites for hydroxylation is 1. The van der Waals surface area contributed by atoms with Crippen molar-refractivity contribution < 1.29 is 39.2 Å². The Morgan fingerprint density at radius 1 is 0.975 bits per heavy atom. The van der Waals surface area contributed by atoms with Gasteiger partial charge in [0.1, 0.15) is 17.7 Å². The molecule has 3 atom stereocenters. The maximum Gasteiger partial charge on any atom is 0.426 e. The van der Waals surface area contributed by atoms with Gasteiger partial charge >= 0.3 is 24.1 Å². The second-order valence-corrected chi connectivity index (χ2v) is 11.4. The maximum atomic E-state index is 10.7. The molecule has 1 heterocycles. The van der Waals surface area contributed by atoms with Crippen molar-refractivity contribution in [2.75, 3.05) is 6.54 Å². The van der Waals surface area contributed by atoms with Gasteiger partial charge in [0.2, 0.25) is 0 Å². The van der Waals surface area contributed by atoms with Gasteiger partial charge in [-0.05, 0) is 76.0 Å². The van der Waals surface area contributed by atoms with E-state index < -0.39 is 35.8 Å². The summed E-state index contributed by atoms with van der Waals surface area (Å²) in [5, 5.41) is 27.7. The van der Waals surface area contributed by atoms with E-state index in [9.17, 15) is 19.2 Å². The smallest absolute Gasteiger partial charge is 0.426 e. The summed E-state index contributed by atoms with van der Waals surface area (Å²) in [6.45, 7) is 11.3. The first kappa shape index (κ1) is 36.6. The van der Waals surface area contributed by atoms with Crippen molar-refractivity contribution in [2.24, 2.45) is 16.9 Å². The first-order chi connectivity index (χ1) is 18.3. The molecule has 1 fully saturated rings. The number of amides is 2. The minimum atomic E-state index is -1.35. The van der Waals surface area contributed by atoms with Gasteiger partial charge in [-0.1, -0.05) is 45.0 Å².